The molecule has 1 aromatic rings. The van der Waals surface area contributed by atoms with E-state index in [2.05, 4.69) is 0 Å². The summed E-state index contributed by atoms with van der Waals surface area (Å²) in [5.74, 6) is 0. The average Bonchev–Trinajstić information content (AvgIpc) is 2.10. The summed E-state index contributed by atoms with van der Waals surface area (Å²) in [6.07, 6.45) is 0.295. The molecule has 1 aromatic carbocycles. The predicted molar refractivity (Wildman–Crippen MR) is 53.3 cm³/mol. The molecular formula is C10H11ClN2. The highest BCUT2D eigenvalue weighted by Gasteiger charge is 2.10. The van der Waals surface area contributed by atoms with E-state index in [1.165, 1.54) is 0 Å². The van der Waals surface area contributed by atoms with Gasteiger partial charge in [-0.05, 0) is 18.1 Å². The van der Waals surface area contributed by atoms with E-state index in [0.29, 0.717) is 11.4 Å². The largest absolute Gasteiger partial charge is 0.323 e. The van der Waals surface area contributed by atoms with E-state index in [4.69, 9.17) is 22.6 Å². The Balaban J connectivity index is 3.02. The maximum absolute atomic E-state index is 8.49. The van der Waals surface area contributed by atoms with Crippen LogP contribution in [0.4, 0.5) is 0 Å². The summed E-state index contributed by atoms with van der Waals surface area (Å²) in [6, 6.07) is 7.43. The molecule has 0 saturated heterocycles. The Morgan fingerprint density at radius 1 is 1.62 bits per heavy atom. The molecule has 0 unspecified atom stereocenters. The third-order valence-electron chi connectivity index (χ3n) is 1.93. The van der Waals surface area contributed by atoms with Crippen LogP contribution in [0.15, 0.2) is 18.2 Å². The number of aryl methyl sites for hydroxylation is 1. The minimum atomic E-state index is -0.280. The topological polar surface area (TPSA) is 49.8 Å². The van der Waals surface area contributed by atoms with E-state index >= 15 is 0 Å². The van der Waals surface area contributed by atoms with Crippen molar-refractivity contribution in [2.24, 2.45) is 5.73 Å². The van der Waals surface area contributed by atoms with Crippen LogP contribution in [0.3, 0.4) is 0 Å². The molecule has 0 spiro atoms. The number of hydrogen-bond donors (Lipinski definition) is 1. The Bertz CT molecular complexity index is 341. The first kappa shape index (κ1) is 10.0. The zero-order valence-electron chi connectivity index (χ0n) is 7.42. The van der Waals surface area contributed by atoms with E-state index in [9.17, 15) is 0 Å². The zero-order valence-corrected chi connectivity index (χ0v) is 8.17. The van der Waals surface area contributed by atoms with E-state index in [1.807, 2.05) is 31.2 Å². The van der Waals surface area contributed by atoms with Gasteiger partial charge in [0, 0.05) is 11.1 Å². The van der Waals surface area contributed by atoms with Gasteiger partial charge in [0.1, 0.15) is 0 Å². The van der Waals surface area contributed by atoms with Gasteiger partial charge in [0.15, 0.2) is 0 Å². The normalized spacial score (nSPS) is 12.2. The number of halogens is 1. The lowest BCUT2D eigenvalue weighted by atomic mass is 10.0. The lowest BCUT2D eigenvalue weighted by molar-refractivity contribution is 0.748. The first-order valence-corrected chi connectivity index (χ1v) is 4.42. The second kappa shape index (κ2) is 4.27. The van der Waals surface area contributed by atoms with Gasteiger partial charge >= 0.3 is 0 Å². The summed E-state index contributed by atoms with van der Waals surface area (Å²) in [6.45, 7) is 1.92. The summed E-state index contributed by atoms with van der Waals surface area (Å²) in [7, 11) is 0. The third kappa shape index (κ3) is 2.21. The number of benzene rings is 1. The molecule has 3 heteroatoms. The van der Waals surface area contributed by atoms with E-state index < -0.39 is 0 Å². The van der Waals surface area contributed by atoms with Crippen LogP contribution in [0, 0.1) is 18.3 Å². The fourth-order valence-corrected chi connectivity index (χ4v) is 1.43. The highest BCUT2D eigenvalue weighted by Crippen LogP contribution is 2.26. The third-order valence-corrected chi connectivity index (χ3v) is 2.45. The van der Waals surface area contributed by atoms with Crippen LogP contribution in [-0.2, 0) is 0 Å². The highest BCUT2D eigenvalue weighted by molar-refractivity contribution is 6.32. The molecule has 0 amide bonds. The molecule has 2 nitrogen and oxygen atoms in total. The molecule has 0 heterocycles. The fraction of sp³-hybridized carbons (Fsp3) is 0.300. The molecule has 1 rings (SSSR count). The second-order valence-corrected chi connectivity index (χ2v) is 3.32. The molecule has 2 N–H and O–H groups in total. The molecule has 0 bridgehead atoms. The van der Waals surface area contributed by atoms with Gasteiger partial charge in [-0.15, -0.1) is 0 Å². The van der Waals surface area contributed by atoms with Crippen LogP contribution >= 0.6 is 11.6 Å². The molecule has 68 valence electrons. The predicted octanol–water partition coefficient (Wildman–Crippen LogP) is 2.56. The van der Waals surface area contributed by atoms with Crippen molar-refractivity contribution < 1.29 is 0 Å². The molecule has 13 heavy (non-hydrogen) atoms. The quantitative estimate of drug-likeness (QED) is 0.787. The average molecular weight is 195 g/mol. The molecular weight excluding hydrogens is 184 g/mol. The SMILES string of the molecule is Cc1cccc([C@H](N)CC#N)c1Cl. The Labute approximate surface area is 82.9 Å². The van der Waals surface area contributed by atoms with Gasteiger partial charge in [-0.1, -0.05) is 29.8 Å². The molecule has 0 aliphatic carbocycles. The van der Waals surface area contributed by atoms with Gasteiger partial charge in [0.05, 0.1) is 12.5 Å². The van der Waals surface area contributed by atoms with Crippen molar-refractivity contribution in [3.63, 3.8) is 0 Å². The number of rotatable bonds is 2. The minimum Gasteiger partial charge on any atom is -0.323 e. The van der Waals surface area contributed by atoms with E-state index in [1.54, 1.807) is 0 Å². The van der Waals surface area contributed by atoms with Crippen molar-refractivity contribution in [3.8, 4) is 6.07 Å². The monoisotopic (exact) mass is 194 g/mol. The number of hydrogen-bond acceptors (Lipinski definition) is 2. The van der Waals surface area contributed by atoms with Crippen molar-refractivity contribution in [2.75, 3.05) is 0 Å². The summed E-state index contributed by atoms with van der Waals surface area (Å²) in [4.78, 5) is 0. The smallest absolute Gasteiger partial charge is 0.0641 e. The molecule has 0 saturated carbocycles. The summed E-state index contributed by atoms with van der Waals surface area (Å²) < 4.78 is 0. The van der Waals surface area contributed by atoms with Gasteiger partial charge in [0.2, 0.25) is 0 Å². The van der Waals surface area contributed by atoms with Gasteiger partial charge in [-0.25, -0.2) is 0 Å². The Morgan fingerprint density at radius 3 is 2.92 bits per heavy atom. The highest BCUT2D eigenvalue weighted by atomic mass is 35.5. The summed E-state index contributed by atoms with van der Waals surface area (Å²) in [5.41, 5.74) is 7.61. The van der Waals surface area contributed by atoms with Crippen molar-refractivity contribution in [2.45, 2.75) is 19.4 Å². The lowest BCUT2D eigenvalue weighted by Crippen LogP contribution is -2.10. The van der Waals surface area contributed by atoms with Crippen LogP contribution in [-0.4, -0.2) is 0 Å². The molecule has 0 fully saturated rings. The van der Waals surface area contributed by atoms with Crippen LogP contribution in [0.25, 0.3) is 0 Å². The second-order valence-electron chi connectivity index (χ2n) is 2.95. The molecule has 0 aliphatic rings. The molecule has 0 aliphatic heterocycles. The Kier molecular flexibility index (Phi) is 3.30. The van der Waals surface area contributed by atoms with Gasteiger partial charge in [0.25, 0.3) is 0 Å². The zero-order chi connectivity index (χ0) is 9.84. The standard InChI is InChI=1S/C10H11ClN2/c1-7-3-2-4-8(10(7)11)9(13)5-6-12/h2-4,9H,5,13H2,1H3/t9-/m1/s1. The number of nitrogens with two attached hydrogens (primary N) is 1. The first-order chi connectivity index (χ1) is 6.16. The van der Waals surface area contributed by atoms with Crippen LogP contribution in [0.2, 0.25) is 5.02 Å². The van der Waals surface area contributed by atoms with Crippen LogP contribution < -0.4 is 5.73 Å². The maximum atomic E-state index is 8.49. The van der Waals surface area contributed by atoms with Crippen LogP contribution in [0.1, 0.15) is 23.6 Å². The number of nitrogens with zero attached hydrogens (tertiary/aromatic N) is 1. The lowest BCUT2D eigenvalue weighted by Gasteiger charge is -2.11. The minimum absolute atomic E-state index is 0.280. The van der Waals surface area contributed by atoms with Crippen molar-refractivity contribution in [1.29, 1.82) is 5.26 Å². The van der Waals surface area contributed by atoms with Gasteiger partial charge in [-0.2, -0.15) is 5.26 Å². The Hall–Kier alpha value is -1.04. The van der Waals surface area contributed by atoms with Gasteiger partial charge in [-0.3, -0.25) is 0 Å². The Morgan fingerprint density at radius 2 is 2.31 bits per heavy atom. The summed E-state index contributed by atoms with van der Waals surface area (Å²) in [5, 5.41) is 9.16. The van der Waals surface area contributed by atoms with Crippen molar-refractivity contribution in [1.82, 2.24) is 0 Å². The van der Waals surface area contributed by atoms with Crippen molar-refractivity contribution in [3.05, 3.63) is 34.3 Å². The first-order valence-electron chi connectivity index (χ1n) is 4.04. The maximum Gasteiger partial charge on any atom is 0.0641 e. The van der Waals surface area contributed by atoms with Gasteiger partial charge < -0.3 is 5.73 Å². The van der Waals surface area contributed by atoms with E-state index in [0.717, 1.165) is 11.1 Å². The molecule has 0 aromatic heterocycles. The van der Waals surface area contributed by atoms with Crippen LogP contribution in [0.5, 0.6) is 0 Å². The molecule has 0 radical (unpaired) electrons. The number of nitriles is 1. The summed E-state index contributed by atoms with van der Waals surface area (Å²) >= 11 is 6.03. The van der Waals surface area contributed by atoms with E-state index in [-0.39, 0.29) is 6.04 Å². The van der Waals surface area contributed by atoms with Crippen molar-refractivity contribution >= 4 is 11.6 Å². The fourth-order valence-electron chi connectivity index (χ4n) is 1.16. The molecule has 1 atom stereocenters.